The lowest BCUT2D eigenvalue weighted by atomic mass is 9.85. The number of aryl methyl sites for hydroxylation is 1. The second-order valence-corrected chi connectivity index (χ2v) is 7.58. The molecule has 4 rings (SSSR count). The highest BCUT2D eigenvalue weighted by molar-refractivity contribution is 6.04. The minimum absolute atomic E-state index is 0.0620. The van der Waals surface area contributed by atoms with Gasteiger partial charge in [-0.25, -0.2) is 4.52 Å². The van der Waals surface area contributed by atoms with Gasteiger partial charge >= 0.3 is 0 Å². The van der Waals surface area contributed by atoms with Crippen LogP contribution in [0, 0.1) is 6.92 Å². The van der Waals surface area contributed by atoms with Crippen LogP contribution >= 0.6 is 0 Å². The lowest BCUT2D eigenvalue weighted by Crippen LogP contribution is -2.61. The lowest BCUT2D eigenvalue weighted by molar-refractivity contribution is -0.145. The van der Waals surface area contributed by atoms with Crippen molar-refractivity contribution in [3.05, 3.63) is 35.7 Å². The number of carbonyl (C=O) groups excluding carboxylic acids is 2. The Bertz CT molecular complexity index is 857. The van der Waals surface area contributed by atoms with Gasteiger partial charge in [-0.15, -0.1) is 0 Å². The number of hydrogen-bond donors (Lipinski definition) is 0. The Morgan fingerprint density at radius 3 is 2.77 bits per heavy atom. The molecule has 0 radical (unpaired) electrons. The first-order chi connectivity index (χ1) is 12.6. The molecule has 6 nitrogen and oxygen atoms in total. The van der Waals surface area contributed by atoms with E-state index in [9.17, 15) is 9.59 Å². The first-order valence-electron chi connectivity index (χ1n) is 9.62. The molecular formula is C20H26N4O2. The van der Waals surface area contributed by atoms with E-state index in [1.54, 1.807) is 10.7 Å². The number of nitrogens with zero attached hydrogens (tertiary/aromatic N) is 4. The van der Waals surface area contributed by atoms with E-state index in [0.717, 1.165) is 56.3 Å². The smallest absolute Gasteiger partial charge is 0.258 e. The Balaban J connectivity index is 1.69. The third-order valence-corrected chi connectivity index (χ3v) is 5.83. The molecule has 0 bridgehead atoms. The summed E-state index contributed by atoms with van der Waals surface area (Å²) in [7, 11) is 0. The van der Waals surface area contributed by atoms with Crippen molar-refractivity contribution in [2.75, 3.05) is 19.6 Å². The summed E-state index contributed by atoms with van der Waals surface area (Å²) in [6.07, 6.45) is 7.90. The van der Waals surface area contributed by atoms with Crippen molar-refractivity contribution in [1.82, 2.24) is 19.4 Å². The van der Waals surface area contributed by atoms with Gasteiger partial charge in [0.05, 0.1) is 17.3 Å². The van der Waals surface area contributed by atoms with Gasteiger partial charge in [0.1, 0.15) is 5.54 Å². The molecule has 0 saturated carbocycles. The maximum Gasteiger partial charge on any atom is 0.258 e. The van der Waals surface area contributed by atoms with Gasteiger partial charge in [-0.1, -0.05) is 13.0 Å². The van der Waals surface area contributed by atoms with E-state index in [4.69, 9.17) is 0 Å². The van der Waals surface area contributed by atoms with Gasteiger partial charge in [-0.2, -0.15) is 5.10 Å². The van der Waals surface area contributed by atoms with E-state index < -0.39 is 5.54 Å². The van der Waals surface area contributed by atoms with Crippen molar-refractivity contribution in [3.8, 4) is 0 Å². The number of hydrogen-bond acceptors (Lipinski definition) is 3. The second-order valence-electron chi connectivity index (χ2n) is 7.58. The van der Waals surface area contributed by atoms with Crippen LogP contribution in [0.5, 0.6) is 0 Å². The lowest BCUT2D eigenvalue weighted by Gasteiger charge is -2.44. The fraction of sp³-hybridized carbons (Fsp3) is 0.550. The largest absolute Gasteiger partial charge is 0.341 e. The summed E-state index contributed by atoms with van der Waals surface area (Å²) in [6, 6.07) is 3.92. The Kier molecular flexibility index (Phi) is 4.21. The number of pyridine rings is 1. The van der Waals surface area contributed by atoms with Gasteiger partial charge < -0.3 is 9.80 Å². The summed E-state index contributed by atoms with van der Waals surface area (Å²) in [5.74, 6) is 0.0804. The van der Waals surface area contributed by atoms with Gasteiger partial charge in [0.2, 0.25) is 5.91 Å². The summed E-state index contributed by atoms with van der Waals surface area (Å²) in [6.45, 7) is 6.33. The topological polar surface area (TPSA) is 57.9 Å². The molecule has 1 atom stereocenters. The molecule has 0 N–H and O–H groups in total. The Morgan fingerprint density at radius 2 is 2.00 bits per heavy atom. The Morgan fingerprint density at radius 1 is 1.23 bits per heavy atom. The van der Waals surface area contributed by atoms with Gasteiger partial charge in [0, 0.05) is 25.8 Å². The highest BCUT2D eigenvalue weighted by Crippen LogP contribution is 2.39. The predicted octanol–water partition coefficient (Wildman–Crippen LogP) is 2.65. The molecule has 2 aliphatic rings. The molecule has 26 heavy (non-hydrogen) atoms. The molecule has 2 amide bonds. The minimum Gasteiger partial charge on any atom is -0.341 e. The number of rotatable bonds is 3. The Labute approximate surface area is 153 Å². The third-order valence-electron chi connectivity index (χ3n) is 5.83. The van der Waals surface area contributed by atoms with Crippen molar-refractivity contribution in [2.45, 2.75) is 51.5 Å². The fourth-order valence-electron chi connectivity index (χ4n) is 4.60. The molecular weight excluding hydrogens is 328 g/mol. The van der Waals surface area contributed by atoms with Crippen LogP contribution in [0.2, 0.25) is 0 Å². The van der Waals surface area contributed by atoms with E-state index in [1.807, 2.05) is 35.1 Å². The number of aromatic nitrogens is 2. The summed E-state index contributed by atoms with van der Waals surface area (Å²) < 4.78 is 1.75. The van der Waals surface area contributed by atoms with Gasteiger partial charge in [0.25, 0.3) is 5.91 Å². The van der Waals surface area contributed by atoms with E-state index >= 15 is 0 Å². The predicted molar refractivity (Wildman–Crippen MR) is 99.0 cm³/mol. The number of fused-ring (bicyclic) bond motifs is 1. The first kappa shape index (κ1) is 17.1. The van der Waals surface area contributed by atoms with E-state index in [1.165, 1.54) is 0 Å². The average Bonchev–Trinajstić information content (AvgIpc) is 3.23. The minimum atomic E-state index is -0.649. The number of carbonyl (C=O) groups is 2. The molecule has 2 saturated heterocycles. The fourth-order valence-corrected chi connectivity index (χ4v) is 4.60. The molecule has 138 valence electrons. The van der Waals surface area contributed by atoms with Crippen LogP contribution in [0.25, 0.3) is 5.52 Å². The first-order valence-corrected chi connectivity index (χ1v) is 9.62. The number of piperidine rings is 1. The zero-order valence-electron chi connectivity index (χ0n) is 15.6. The molecule has 6 heteroatoms. The molecule has 0 aromatic carbocycles. The second kappa shape index (κ2) is 6.41. The summed E-state index contributed by atoms with van der Waals surface area (Å²) in [5.41, 5.74) is 1.83. The average molecular weight is 354 g/mol. The third kappa shape index (κ3) is 2.50. The van der Waals surface area contributed by atoms with Crippen molar-refractivity contribution in [1.29, 1.82) is 0 Å². The zero-order valence-corrected chi connectivity index (χ0v) is 15.6. The molecule has 4 heterocycles. The molecule has 0 aliphatic carbocycles. The highest BCUT2D eigenvalue weighted by atomic mass is 16.2. The maximum absolute atomic E-state index is 13.4. The molecule has 2 aliphatic heterocycles. The maximum atomic E-state index is 13.4. The van der Waals surface area contributed by atoms with Crippen LogP contribution in [0.15, 0.2) is 24.5 Å². The van der Waals surface area contributed by atoms with Crippen molar-refractivity contribution in [3.63, 3.8) is 0 Å². The van der Waals surface area contributed by atoms with Crippen molar-refractivity contribution < 1.29 is 9.59 Å². The molecule has 2 fully saturated rings. The van der Waals surface area contributed by atoms with Crippen LogP contribution in [0.3, 0.4) is 0 Å². The van der Waals surface area contributed by atoms with Crippen molar-refractivity contribution >= 4 is 17.3 Å². The van der Waals surface area contributed by atoms with E-state index in [2.05, 4.69) is 12.0 Å². The van der Waals surface area contributed by atoms with Crippen LogP contribution < -0.4 is 0 Å². The standard InChI is InChI=1S/C20H26N4O2/c1-3-10-22-11-4-8-20(19(22)26)9-5-12-23(20)18(25)16-13-21-24-14-15(2)6-7-17(16)24/h6-7,13-14H,3-5,8-12H2,1-2H3. The van der Waals surface area contributed by atoms with Crippen LogP contribution in [0.4, 0.5) is 0 Å². The summed E-state index contributed by atoms with van der Waals surface area (Å²) >= 11 is 0. The van der Waals surface area contributed by atoms with Crippen LogP contribution in [-0.4, -0.2) is 56.4 Å². The van der Waals surface area contributed by atoms with Crippen LogP contribution in [-0.2, 0) is 4.79 Å². The van der Waals surface area contributed by atoms with Crippen molar-refractivity contribution in [2.24, 2.45) is 0 Å². The summed E-state index contributed by atoms with van der Waals surface area (Å²) in [4.78, 5) is 30.4. The van der Waals surface area contributed by atoms with Gasteiger partial charge in [-0.3, -0.25) is 9.59 Å². The normalized spacial score (nSPS) is 23.4. The Hall–Kier alpha value is -2.37. The van der Waals surface area contributed by atoms with E-state index in [-0.39, 0.29) is 11.8 Å². The molecule has 1 unspecified atom stereocenters. The molecule has 1 spiro atoms. The van der Waals surface area contributed by atoms with Gasteiger partial charge in [-0.05, 0) is 50.7 Å². The monoisotopic (exact) mass is 354 g/mol. The molecule has 2 aromatic heterocycles. The quantitative estimate of drug-likeness (QED) is 0.851. The van der Waals surface area contributed by atoms with Gasteiger partial charge in [0.15, 0.2) is 0 Å². The number of amides is 2. The highest BCUT2D eigenvalue weighted by Gasteiger charge is 2.52. The molecule has 2 aromatic rings. The SMILES string of the molecule is CCCN1CCCC2(CCCN2C(=O)c2cnn3cc(C)ccc23)C1=O. The van der Waals surface area contributed by atoms with Crippen LogP contribution in [0.1, 0.15) is 54.9 Å². The summed E-state index contributed by atoms with van der Waals surface area (Å²) in [5, 5.41) is 4.34. The van der Waals surface area contributed by atoms with E-state index in [0.29, 0.717) is 12.1 Å². The zero-order chi connectivity index (χ0) is 18.3. The number of likely N-dealkylation sites (tertiary alicyclic amines) is 2.